The molecule has 1 heterocycles. The van der Waals surface area contributed by atoms with Crippen LogP contribution in [-0.4, -0.2) is 31.9 Å². The van der Waals surface area contributed by atoms with Crippen molar-refractivity contribution in [2.75, 3.05) is 25.3 Å². The van der Waals surface area contributed by atoms with Gasteiger partial charge < -0.3 is 24.3 Å². The Hall–Kier alpha value is -3.73. The first-order chi connectivity index (χ1) is 12.6. The first kappa shape index (κ1) is 17.1. The lowest BCUT2D eigenvalue weighted by Crippen LogP contribution is -2.23. The molecule has 8 heteroatoms. The smallest absolute Gasteiger partial charge is 0.344 e. The first-order valence-corrected chi connectivity index (χ1v) is 7.62. The molecule has 0 radical (unpaired) electrons. The number of ether oxygens (including phenoxy) is 4. The van der Waals surface area contributed by atoms with Crippen LogP contribution >= 0.6 is 0 Å². The van der Waals surface area contributed by atoms with Crippen LogP contribution in [0.2, 0.25) is 0 Å². The van der Waals surface area contributed by atoms with E-state index in [0.717, 1.165) is 0 Å². The Morgan fingerprint density at radius 1 is 1.08 bits per heavy atom. The third-order valence-electron chi connectivity index (χ3n) is 3.36. The number of anilines is 1. The Kier molecular flexibility index (Phi) is 5.19. The monoisotopic (exact) mass is 354 g/mol. The Balaban J connectivity index is 1.41. The van der Waals surface area contributed by atoms with Gasteiger partial charge in [-0.3, -0.25) is 4.79 Å². The molecule has 2 aromatic rings. The molecule has 0 fully saturated rings. The summed E-state index contributed by atoms with van der Waals surface area (Å²) in [4.78, 5) is 23.5. The van der Waals surface area contributed by atoms with Gasteiger partial charge in [-0.2, -0.15) is 5.26 Å². The van der Waals surface area contributed by atoms with Gasteiger partial charge in [0.25, 0.3) is 5.91 Å². The molecule has 0 saturated heterocycles. The van der Waals surface area contributed by atoms with Gasteiger partial charge in [-0.15, -0.1) is 0 Å². The summed E-state index contributed by atoms with van der Waals surface area (Å²) in [5.41, 5.74) is 0.990. The molecule has 1 aliphatic rings. The lowest BCUT2D eigenvalue weighted by molar-refractivity contribution is -0.149. The average Bonchev–Trinajstić information content (AvgIpc) is 3.13. The van der Waals surface area contributed by atoms with E-state index in [4.69, 9.17) is 24.2 Å². The van der Waals surface area contributed by atoms with Crippen LogP contribution in [0.4, 0.5) is 5.69 Å². The summed E-state index contributed by atoms with van der Waals surface area (Å²) in [6, 6.07) is 13.2. The second-order valence-electron chi connectivity index (χ2n) is 5.20. The molecular weight excluding hydrogens is 340 g/mol. The summed E-state index contributed by atoms with van der Waals surface area (Å²) < 4.78 is 20.5. The summed E-state index contributed by atoms with van der Waals surface area (Å²) in [7, 11) is 0. The molecule has 2 aromatic carbocycles. The number of benzene rings is 2. The lowest BCUT2D eigenvalue weighted by Gasteiger charge is -2.08. The highest BCUT2D eigenvalue weighted by atomic mass is 16.7. The minimum Gasteiger partial charge on any atom is -0.482 e. The van der Waals surface area contributed by atoms with E-state index in [-0.39, 0.29) is 13.4 Å². The normalized spacial score (nSPS) is 11.3. The fourth-order valence-electron chi connectivity index (χ4n) is 2.13. The van der Waals surface area contributed by atoms with Crippen molar-refractivity contribution in [3.8, 4) is 23.3 Å². The molecule has 0 bridgehead atoms. The fraction of sp³-hybridized carbons (Fsp3) is 0.167. The van der Waals surface area contributed by atoms with E-state index in [1.807, 2.05) is 6.07 Å². The maximum Gasteiger partial charge on any atom is 0.344 e. The van der Waals surface area contributed by atoms with Crippen LogP contribution in [0.5, 0.6) is 17.2 Å². The van der Waals surface area contributed by atoms with Crippen molar-refractivity contribution in [2.24, 2.45) is 0 Å². The van der Waals surface area contributed by atoms with Crippen molar-refractivity contribution >= 4 is 17.6 Å². The SMILES string of the molecule is N#Cc1ccc(OCC(=O)OCC(=O)Nc2ccc3c(c2)OCO3)cc1. The van der Waals surface area contributed by atoms with E-state index in [0.29, 0.717) is 28.5 Å². The predicted molar refractivity (Wildman–Crippen MR) is 88.8 cm³/mol. The molecule has 8 nitrogen and oxygen atoms in total. The van der Waals surface area contributed by atoms with Crippen molar-refractivity contribution in [3.63, 3.8) is 0 Å². The van der Waals surface area contributed by atoms with Gasteiger partial charge in [-0.1, -0.05) is 0 Å². The zero-order valence-corrected chi connectivity index (χ0v) is 13.6. The quantitative estimate of drug-likeness (QED) is 0.789. The van der Waals surface area contributed by atoms with Crippen molar-refractivity contribution in [3.05, 3.63) is 48.0 Å². The van der Waals surface area contributed by atoms with Crippen LogP contribution in [0.1, 0.15) is 5.56 Å². The predicted octanol–water partition coefficient (Wildman–Crippen LogP) is 1.85. The number of esters is 1. The van der Waals surface area contributed by atoms with Crippen molar-refractivity contribution in [1.29, 1.82) is 5.26 Å². The van der Waals surface area contributed by atoms with Gasteiger partial charge in [0.15, 0.2) is 24.7 Å². The number of hydrogen-bond acceptors (Lipinski definition) is 7. The molecule has 0 aliphatic carbocycles. The number of fused-ring (bicyclic) bond motifs is 1. The van der Waals surface area contributed by atoms with E-state index >= 15 is 0 Å². The van der Waals surface area contributed by atoms with E-state index in [1.54, 1.807) is 42.5 Å². The number of nitrogens with one attached hydrogen (secondary N) is 1. The summed E-state index contributed by atoms with van der Waals surface area (Å²) in [5.74, 6) is 0.390. The Morgan fingerprint density at radius 3 is 2.62 bits per heavy atom. The standard InChI is InChI=1S/C18H14N2O6/c19-8-12-1-4-14(5-2-12)23-10-18(22)24-9-17(21)20-13-3-6-15-16(7-13)26-11-25-15/h1-7H,9-11H2,(H,20,21). The summed E-state index contributed by atoms with van der Waals surface area (Å²) in [6.07, 6.45) is 0. The van der Waals surface area contributed by atoms with Crippen LogP contribution in [0, 0.1) is 11.3 Å². The molecule has 0 unspecified atom stereocenters. The van der Waals surface area contributed by atoms with Gasteiger partial charge in [-0.25, -0.2) is 4.79 Å². The largest absolute Gasteiger partial charge is 0.482 e. The highest BCUT2D eigenvalue weighted by molar-refractivity contribution is 5.93. The zero-order valence-electron chi connectivity index (χ0n) is 13.6. The Bertz CT molecular complexity index is 857. The second-order valence-corrected chi connectivity index (χ2v) is 5.20. The number of hydrogen-bond donors (Lipinski definition) is 1. The molecule has 0 atom stereocenters. The Morgan fingerprint density at radius 2 is 1.85 bits per heavy atom. The van der Waals surface area contributed by atoms with Gasteiger partial charge in [-0.05, 0) is 36.4 Å². The topological polar surface area (TPSA) is 107 Å². The van der Waals surface area contributed by atoms with Gasteiger partial charge in [0.05, 0.1) is 11.6 Å². The molecule has 0 saturated carbocycles. The summed E-state index contributed by atoms with van der Waals surface area (Å²) in [6.45, 7) is -0.642. The maximum atomic E-state index is 11.8. The Labute approximate surface area is 148 Å². The van der Waals surface area contributed by atoms with Crippen LogP contribution in [0.25, 0.3) is 0 Å². The maximum absolute atomic E-state index is 11.8. The third-order valence-corrected chi connectivity index (χ3v) is 3.36. The average molecular weight is 354 g/mol. The number of amides is 1. The van der Waals surface area contributed by atoms with Crippen LogP contribution in [0.3, 0.4) is 0 Å². The minimum absolute atomic E-state index is 0.142. The molecule has 1 aliphatic heterocycles. The number of carbonyl (C=O) groups excluding carboxylic acids is 2. The van der Waals surface area contributed by atoms with E-state index in [9.17, 15) is 9.59 Å². The number of nitriles is 1. The minimum atomic E-state index is -0.685. The van der Waals surface area contributed by atoms with Crippen LogP contribution in [0.15, 0.2) is 42.5 Å². The molecule has 0 aromatic heterocycles. The molecule has 26 heavy (non-hydrogen) atoms. The molecule has 1 N–H and O–H groups in total. The fourth-order valence-corrected chi connectivity index (χ4v) is 2.13. The molecule has 0 spiro atoms. The van der Waals surface area contributed by atoms with Crippen LogP contribution < -0.4 is 19.5 Å². The van der Waals surface area contributed by atoms with E-state index in [2.05, 4.69) is 5.32 Å². The summed E-state index contributed by atoms with van der Waals surface area (Å²) >= 11 is 0. The highest BCUT2D eigenvalue weighted by Crippen LogP contribution is 2.34. The van der Waals surface area contributed by atoms with Gasteiger partial charge in [0.1, 0.15) is 5.75 Å². The lowest BCUT2D eigenvalue weighted by atomic mass is 10.2. The molecule has 1 amide bonds. The summed E-state index contributed by atoms with van der Waals surface area (Å²) in [5, 5.41) is 11.3. The van der Waals surface area contributed by atoms with Gasteiger partial charge in [0, 0.05) is 11.8 Å². The van der Waals surface area contributed by atoms with E-state index < -0.39 is 18.5 Å². The second kappa shape index (κ2) is 7.90. The van der Waals surface area contributed by atoms with Gasteiger partial charge in [0.2, 0.25) is 6.79 Å². The number of carbonyl (C=O) groups is 2. The van der Waals surface area contributed by atoms with Crippen LogP contribution in [-0.2, 0) is 14.3 Å². The number of nitrogens with zero attached hydrogens (tertiary/aromatic N) is 1. The van der Waals surface area contributed by atoms with Crippen molar-refractivity contribution < 1.29 is 28.5 Å². The van der Waals surface area contributed by atoms with Gasteiger partial charge >= 0.3 is 5.97 Å². The highest BCUT2D eigenvalue weighted by Gasteiger charge is 2.15. The molecular formula is C18H14N2O6. The molecule has 3 rings (SSSR count). The van der Waals surface area contributed by atoms with Crippen molar-refractivity contribution in [2.45, 2.75) is 0 Å². The first-order valence-electron chi connectivity index (χ1n) is 7.62. The third kappa shape index (κ3) is 4.42. The zero-order chi connectivity index (χ0) is 18.4. The van der Waals surface area contributed by atoms with Crippen molar-refractivity contribution in [1.82, 2.24) is 0 Å². The molecule has 132 valence electrons. The number of rotatable bonds is 6. The van der Waals surface area contributed by atoms with E-state index in [1.165, 1.54) is 0 Å².